The zero-order chi connectivity index (χ0) is 12.4. The van der Waals surface area contributed by atoms with Crippen molar-refractivity contribution in [2.75, 3.05) is 20.1 Å². The fraction of sp³-hybridized carbons (Fsp3) is 1.00. The summed E-state index contributed by atoms with van der Waals surface area (Å²) >= 11 is 0. The third-order valence-corrected chi connectivity index (χ3v) is 4.37. The van der Waals surface area contributed by atoms with Crippen LogP contribution in [0.15, 0.2) is 0 Å². The highest BCUT2D eigenvalue weighted by molar-refractivity contribution is 4.92. The molecule has 0 spiro atoms. The first-order valence-corrected chi connectivity index (χ1v) is 7.17. The lowest BCUT2D eigenvalue weighted by Crippen LogP contribution is -2.58. The van der Waals surface area contributed by atoms with E-state index in [9.17, 15) is 0 Å². The van der Waals surface area contributed by atoms with Gasteiger partial charge in [-0.25, -0.2) is 0 Å². The lowest BCUT2D eigenvalue weighted by Gasteiger charge is -2.46. The third kappa shape index (κ3) is 3.21. The van der Waals surface area contributed by atoms with Crippen LogP contribution < -0.4 is 5.32 Å². The van der Waals surface area contributed by atoms with Crippen LogP contribution in [0.3, 0.4) is 0 Å². The van der Waals surface area contributed by atoms with Crippen molar-refractivity contribution in [2.24, 2.45) is 5.92 Å². The third-order valence-electron chi connectivity index (χ3n) is 4.37. The second-order valence-corrected chi connectivity index (χ2v) is 6.09. The van der Waals surface area contributed by atoms with E-state index in [2.05, 4.69) is 38.0 Å². The van der Waals surface area contributed by atoms with Crippen LogP contribution >= 0.6 is 0 Å². The van der Waals surface area contributed by atoms with Gasteiger partial charge in [0.2, 0.25) is 0 Å². The Morgan fingerprint density at radius 3 is 2.29 bits per heavy atom. The van der Waals surface area contributed by atoms with Crippen molar-refractivity contribution in [1.29, 1.82) is 0 Å². The predicted octanol–water partition coefficient (Wildman–Crippen LogP) is 1.87. The van der Waals surface area contributed by atoms with E-state index in [1.807, 2.05) is 0 Å². The molecule has 1 saturated heterocycles. The van der Waals surface area contributed by atoms with Crippen molar-refractivity contribution >= 4 is 0 Å². The minimum absolute atomic E-state index is 0.383. The summed E-state index contributed by atoms with van der Waals surface area (Å²) in [6.45, 7) is 8.98. The molecule has 0 radical (unpaired) electrons. The van der Waals surface area contributed by atoms with Gasteiger partial charge in [-0.05, 0) is 46.1 Å². The van der Waals surface area contributed by atoms with Gasteiger partial charge >= 0.3 is 0 Å². The van der Waals surface area contributed by atoms with Crippen molar-refractivity contribution < 1.29 is 4.74 Å². The summed E-state index contributed by atoms with van der Waals surface area (Å²) in [5.74, 6) is 0.873. The number of hydrogen-bond acceptors (Lipinski definition) is 3. The van der Waals surface area contributed by atoms with Gasteiger partial charge in [0.25, 0.3) is 0 Å². The SMILES string of the molecule is CNC1CCC(C)CC1N1CC(C)OC(C)C1. The van der Waals surface area contributed by atoms with Crippen LogP contribution in [0, 0.1) is 5.92 Å². The van der Waals surface area contributed by atoms with E-state index in [4.69, 9.17) is 4.74 Å². The Hall–Kier alpha value is -0.120. The largest absolute Gasteiger partial charge is 0.373 e. The second kappa shape index (κ2) is 5.68. The van der Waals surface area contributed by atoms with E-state index in [1.54, 1.807) is 0 Å². The van der Waals surface area contributed by atoms with Gasteiger partial charge in [-0.15, -0.1) is 0 Å². The summed E-state index contributed by atoms with van der Waals surface area (Å²) in [5, 5.41) is 3.52. The Morgan fingerprint density at radius 1 is 1.06 bits per heavy atom. The highest BCUT2D eigenvalue weighted by Crippen LogP contribution is 2.29. The van der Waals surface area contributed by atoms with Crippen molar-refractivity contribution in [3.8, 4) is 0 Å². The smallest absolute Gasteiger partial charge is 0.0678 e. The van der Waals surface area contributed by atoms with Gasteiger partial charge < -0.3 is 10.1 Å². The molecule has 0 amide bonds. The van der Waals surface area contributed by atoms with E-state index in [0.29, 0.717) is 24.3 Å². The molecule has 1 aliphatic heterocycles. The Balaban J connectivity index is 2.02. The molecule has 0 aromatic rings. The highest BCUT2D eigenvalue weighted by Gasteiger charge is 2.35. The van der Waals surface area contributed by atoms with Crippen molar-refractivity contribution in [2.45, 2.75) is 64.3 Å². The van der Waals surface area contributed by atoms with E-state index in [0.717, 1.165) is 19.0 Å². The van der Waals surface area contributed by atoms with Gasteiger partial charge in [-0.3, -0.25) is 4.90 Å². The maximum atomic E-state index is 5.84. The first-order chi connectivity index (χ1) is 8.10. The van der Waals surface area contributed by atoms with Crippen LogP contribution in [0.4, 0.5) is 0 Å². The topological polar surface area (TPSA) is 24.5 Å². The summed E-state index contributed by atoms with van der Waals surface area (Å²) in [5.41, 5.74) is 0. The minimum Gasteiger partial charge on any atom is -0.373 e. The number of nitrogens with zero attached hydrogens (tertiary/aromatic N) is 1. The molecule has 0 aromatic carbocycles. The molecule has 5 unspecified atom stereocenters. The Kier molecular flexibility index (Phi) is 4.45. The number of ether oxygens (including phenoxy) is 1. The number of likely N-dealkylation sites (N-methyl/N-ethyl adjacent to an activating group) is 1. The molecule has 1 saturated carbocycles. The molecule has 0 aromatic heterocycles. The summed E-state index contributed by atoms with van der Waals surface area (Å²) in [7, 11) is 2.11. The van der Waals surface area contributed by atoms with E-state index < -0.39 is 0 Å². The monoisotopic (exact) mass is 240 g/mol. The van der Waals surface area contributed by atoms with Crippen molar-refractivity contribution in [3.63, 3.8) is 0 Å². The molecular formula is C14H28N2O. The molecule has 3 nitrogen and oxygen atoms in total. The number of rotatable bonds is 2. The quantitative estimate of drug-likeness (QED) is 0.797. The van der Waals surface area contributed by atoms with Gasteiger partial charge in [-0.1, -0.05) is 6.92 Å². The maximum Gasteiger partial charge on any atom is 0.0678 e. The fourth-order valence-electron chi connectivity index (χ4n) is 3.58. The summed E-state index contributed by atoms with van der Waals surface area (Å²) in [6, 6.07) is 1.38. The average Bonchev–Trinajstić information content (AvgIpc) is 2.27. The molecule has 1 heterocycles. The second-order valence-electron chi connectivity index (χ2n) is 6.09. The lowest BCUT2D eigenvalue weighted by atomic mass is 9.82. The summed E-state index contributed by atoms with van der Waals surface area (Å²) in [6.07, 6.45) is 4.80. The van der Waals surface area contributed by atoms with E-state index in [1.165, 1.54) is 19.3 Å². The normalized spacial score (nSPS) is 44.8. The molecule has 3 heteroatoms. The molecule has 1 N–H and O–H groups in total. The predicted molar refractivity (Wildman–Crippen MR) is 71.2 cm³/mol. The molecule has 17 heavy (non-hydrogen) atoms. The molecule has 1 aliphatic carbocycles. The molecule has 2 aliphatic rings. The minimum atomic E-state index is 0.383. The highest BCUT2D eigenvalue weighted by atomic mass is 16.5. The van der Waals surface area contributed by atoms with Gasteiger partial charge in [0.1, 0.15) is 0 Å². The Labute approximate surface area is 106 Å². The fourth-order valence-corrected chi connectivity index (χ4v) is 3.58. The summed E-state index contributed by atoms with van der Waals surface area (Å²) in [4.78, 5) is 2.66. The van der Waals surface area contributed by atoms with Gasteiger partial charge in [0, 0.05) is 25.2 Å². The van der Waals surface area contributed by atoms with Gasteiger partial charge in [0.05, 0.1) is 12.2 Å². The zero-order valence-electron chi connectivity index (χ0n) is 11.8. The standard InChI is InChI=1S/C14H28N2O/c1-10-5-6-13(15-4)14(7-10)16-8-11(2)17-12(3)9-16/h10-15H,5-9H2,1-4H3. The van der Waals surface area contributed by atoms with Gasteiger partial charge in [0.15, 0.2) is 0 Å². The molecule has 0 bridgehead atoms. The van der Waals surface area contributed by atoms with Crippen LogP contribution in [0.2, 0.25) is 0 Å². The molecule has 100 valence electrons. The Bertz CT molecular complexity index is 236. The van der Waals surface area contributed by atoms with E-state index >= 15 is 0 Å². The summed E-state index contributed by atoms with van der Waals surface area (Å²) < 4.78 is 5.84. The maximum absolute atomic E-state index is 5.84. The first-order valence-electron chi connectivity index (χ1n) is 7.17. The number of nitrogens with one attached hydrogen (secondary N) is 1. The molecular weight excluding hydrogens is 212 g/mol. The molecule has 5 atom stereocenters. The van der Waals surface area contributed by atoms with Crippen molar-refractivity contribution in [1.82, 2.24) is 10.2 Å². The lowest BCUT2D eigenvalue weighted by molar-refractivity contribution is -0.0897. The number of hydrogen-bond donors (Lipinski definition) is 1. The van der Waals surface area contributed by atoms with Gasteiger partial charge in [-0.2, -0.15) is 0 Å². The van der Waals surface area contributed by atoms with Crippen LogP contribution in [-0.4, -0.2) is 49.3 Å². The number of morpholine rings is 1. The van der Waals surface area contributed by atoms with Crippen LogP contribution in [0.1, 0.15) is 40.0 Å². The average molecular weight is 240 g/mol. The first kappa shape index (κ1) is 13.3. The zero-order valence-corrected chi connectivity index (χ0v) is 11.8. The molecule has 2 rings (SSSR count). The molecule has 2 fully saturated rings. The van der Waals surface area contributed by atoms with Crippen LogP contribution in [0.5, 0.6) is 0 Å². The Morgan fingerprint density at radius 2 is 1.71 bits per heavy atom. The van der Waals surface area contributed by atoms with Crippen LogP contribution in [-0.2, 0) is 4.74 Å². The van der Waals surface area contributed by atoms with Crippen molar-refractivity contribution in [3.05, 3.63) is 0 Å². The van der Waals surface area contributed by atoms with Crippen LogP contribution in [0.25, 0.3) is 0 Å². The van der Waals surface area contributed by atoms with E-state index in [-0.39, 0.29) is 0 Å².